The second kappa shape index (κ2) is 7.90. The van der Waals surface area contributed by atoms with Gasteiger partial charge in [0.1, 0.15) is 23.8 Å². The van der Waals surface area contributed by atoms with Crippen LogP contribution in [0, 0.1) is 5.82 Å². The maximum Gasteiger partial charge on any atom is 0.125 e. The van der Waals surface area contributed by atoms with Crippen LogP contribution < -0.4 is 10.1 Å². The van der Waals surface area contributed by atoms with Crippen molar-refractivity contribution in [2.45, 2.75) is 25.6 Å². The van der Waals surface area contributed by atoms with E-state index in [1.807, 2.05) is 13.1 Å². The molecular formula is C18H21F2NO. The van der Waals surface area contributed by atoms with E-state index in [1.54, 1.807) is 30.3 Å². The van der Waals surface area contributed by atoms with Crippen LogP contribution in [0.5, 0.6) is 5.75 Å². The van der Waals surface area contributed by atoms with Gasteiger partial charge in [-0.05, 0) is 55.9 Å². The van der Waals surface area contributed by atoms with Crippen molar-refractivity contribution in [2.24, 2.45) is 0 Å². The van der Waals surface area contributed by atoms with E-state index < -0.39 is 6.17 Å². The van der Waals surface area contributed by atoms with Crippen molar-refractivity contribution in [2.75, 3.05) is 13.6 Å². The van der Waals surface area contributed by atoms with E-state index in [-0.39, 0.29) is 11.9 Å². The highest BCUT2D eigenvalue weighted by Crippen LogP contribution is 2.27. The first-order valence-electron chi connectivity index (χ1n) is 7.41. The van der Waals surface area contributed by atoms with Crippen molar-refractivity contribution < 1.29 is 13.5 Å². The van der Waals surface area contributed by atoms with Crippen molar-refractivity contribution >= 4 is 0 Å². The third-order valence-electron chi connectivity index (χ3n) is 3.49. The molecule has 2 nitrogen and oxygen atoms in total. The number of hydrogen-bond acceptors (Lipinski definition) is 2. The van der Waals surface area contributed by atoms with Gasteiger partial charge in [-0.2, -0.15) is 0 Å². The van der Waals surface area contributed by atoms with Gasteiger partial charge >= 0.3 is 0 Å². The second-order valence-corrected chi connectivity index (χ2v) is 5.24. The van der Waals surface area contributed by atoms with Crippen LogP contribution >= 0.6 is 0 Å². The van der Waals surface area contributed by atoms with Gasteiger partial charge < -0.3 is 10.1 Å². The molecule has 0 aliphatic rings. The Morgan fingerprint density at radius 3 is 2.41 bits per heavy atom. The minimum Gasteiger partial charge on any atom is -0.486 e. The maximum atomic E-state index is 13.4. The van der Waals surface area contributed by atoms with Crippen LogP contribution in [-0.4, -0.2) is 13.6 Å². The summed E-state index contributed by atoms with van der Waals surface area (Å²) in [6.45, 7) is 2.25. The zero-order valence-corrected chi connectivity index (χ0v) is 12.9. The topological polar surface area (TPSA) is 21.3 Å². The van der Waals surface area contributed by atoms with Crippen LogP contribution in [0.3, 0.4) is 0 Å². The van der Waals surface area contributed by atoms with Gasteiger partial charge in [0.2, 0.25) is 0 Å². The fourth-order valence-corrected chi connectivity index (χ4v) is 2.25. The molecule has 0 aromatic heterocycles. The summed E-state index contributed by atoms with van der Waals surface area (Å²) in [6, 6.07) is 13.3. The summed E-state index contributed by atoms with van der Waals surface area (Å²) < 4.78 is 32.6. The largest absolute Gasteiger partial charge is 0.486 e. The molecule has 0 fully saturated rings. The van der Waals surface area contributed by atoms with Crippen molar-refractivity contribution in [3.8, 4) is 5.75 Å². The fraction of sp³-hybridized carbons (Fsp3) is 0.333. The van der Waals surface area contributed by atoms with Crippen molar-refractivity contribution in [1.82, 2.24) is 5.32 Å². The number of ether oxygens (including phenoxy) is 1. The predicted octanol–water partition coefficient (Wildman–Crippen LogP) is 4.59. The summed E-state index contributed by atoms with van der Waals surface area (Å²) >= 11 is 0. The first kappa shape index (κ1) is 16.4. The molecule has 0 aliphatic heterocycles. The van der Waals surface area contributed by atoms with Gasteiger partial charge in [-0.15, -0.1) is 0 Å². The van der Waals surface area contributed by atoms with Gasteiger partial charge in [0.05, 0.1) is 0 Å². The Morgan fingerprint density at radius 2 is 1.82 bits per heavy atom. The normalized spacial score (nSPS) is 13.6. The Hall–Kier alpha value is -1.94. The van der Waals surface area contributed by atoms with Gasteiger partial charge in [-0.3, -0.25) is 0 Å². The van der Waals surface area contributed by atoms with Gasteiger partial charge in [0.25, 0.3) is 0 Å². The fourth-order valence-electron chi connectivity index (χ4n) is 2.25. The lowest BCUT2D eigenvalue weighted by atomic mass is 10.1. The van der Waals surface area contributed by atoms with Crippen molar-refractivity contribution in [1.29, 1.82) is 0 Å². The van der Waals surface area contributed by atoms with E-state index in [2.05, 4.69) is 5.32 Å². The summed E-state index contributed by atoms with van der Waals surface area (Å²) in [6.07, 6.45) is -0.546. The number of hydrogen-bond donors (Lipinski definition) is 1. The number of rotatable bonds is 7. The zero-order valence-electron chi connectivity index (χ0n) is 12.9. The van der Waals surface area contributed by atoms with Crippen LogP contribution in [-0.2, 0) is 0 Å². The smallest absolute Gasteiger partial charge is 0.125 e. The Balaban J connectivity index is 2.15. The lowest BCUT2D eigenvalue weighted by molar-refractivity contribution is 0.194. The van der Waals surface area contributed by atoms with Crippen LogP contribution in [0.1, 0.15) is 36.7 Å². The lowest BCUT2D eigenvalue weighted by Crippen LogP contribution is -2.16. The maximum absolute atomic E-state index is 13.4. The Morgan fingerprint density at radius 1 is 1.09 bits per heavy atom. The number of benzene rings is 2. The third-order valence-corrected chi connectivity index (χ3v) is 3.49. The summed E-state index contributed by atoms with van der Waals surface area (Å²) in [5.41, 5.74) is 1.41. The van der Waals surface area contributed by atoms with Crippen molar-refractivity contribution in [3.63, 3.8) is 0 Å². The molecule has 4 heteroatoms. The molecule has 1 unspecified atom stereocenters. The Bertz CT molecular complexity index is 584. The molecule has 1 N–H and O–H groups in total. The molecule has 2 atom stereocenters. The molecule has 0 bridgehead atoms. The molecule has 0 amide bonds. The highest BCUT2D eigenvalue weighted by Gasteiger charge is 2.14. The van der Waals surface area contributed by atoms with Gasteiger partial charge in [-0.1, -0.05) is 24.3 Å². The summed E-state index contributed by atoms with van der Waals surface area (Å²) in [5.74, 6) is 0.368. The Labute approximate surface area is 130 Å². The van der Waals surface area contributed by atoms with Crippen LogP contribution in [0.25, 0.3) is 0 Å². The first-order valence-corrected chi connectivity index (χ1v) is 7.41. The molecule has 0 radical (unpaired) electrons. The summed E-state index contributed by atoms with van der Waals surface area (Å²) in [7, 11) is 1.86. The second-order valence-electron chi connectivity index (χ2n) is 5.24. The standard InChI is InChI=1S/C18H21F2NO/c1-13(19)14-6-8-17(9-7-14)22-18(10-11-21-2)15-4-3-5-16(20)12-15/h3-9,12-13,18,21H,10-11H2,1-2H3/t13?,18-/m0/s1. The molecular weight excluding hydrogens is 284 g/mol. The monoisotopic (exact) mass is 305 g/mol. The van der Waals surface area contributed by atoms with Crippen LogP contribution in [0.2, 0.25) is 0 Å². The predicted molar refractivity (Wildman–Crippen MR) is 84.3 cm³/mol. The minimum absolute atomic E-state index is 0.253. The summed E-state index contributed by atoms with van der Waals surface area (Å²) in [5, 5.41) is 3.07. The average molecular weight is 305 g/mol. The lowest BCUT2D eigenvalue weighted by Gasteiger charge is -2.20. The third kappa shape index (κ3) is 4.53. The molecule has 0 heterocycles. The SMILES string of the molecule is CNCC[C@H](Oc1ccc(C(C)F)cc1)c1cccc(F)c1. The Kier molecular flexibility index (Phi) is 5.90. The highest BCUT2D eigenvalue weighted by molar-refractivity contribution is 5.29. The van der Waals surface area contributed by atoms with Gasteiger partial charge in [0, 0.05) is 6.42 Å². The van der Waals surface area contributed by atoms with E-state index in [9.17, 15) is 8.78 Å². The molecule has 0 saturated heterocycles. The quantitative estimate of drug-likeness (QED) is 0.808. The van der Waals surface area contributed by atoms with Crippen LogP contribution in [0.4, 0.5) is 8.78 Å². The average Bonchev–Trinajstić information content (AvgIpc) is 2.52. The molecule has 118 valence electrons. The summed E-state index contributed by atoms with van der Waals surface area (Å²) in [4.78, 5) is 0. The molecule has 0 saturated carbocycles. The number of nitrogens with one attached hydrogen (secondary N) is 1. The van der Waals surface area contributed by atoms with E-state index >= 15 is 0 Å². The van der Waals surface area contributed by atoms with E-state index in [0.717, 1.165) is 12.1 Å². The molecule has 2 rings (SSSR count). The molecule has 22 heavy (non-hydrogen) atoms. The van der Waals surface area contributed by atoms with Gasteiger partial charge in [0.15, 0.2) is 0 Å². The number of alkyl halides is 1. The van der Waals surface area contributed by atoms with E-state index in [0.29, 0.717) is 17.7 Å². The molecule has 2 aromatic carbocycles. The molecule has 0 spiro atoms. The van der Waals surface area contributed by atoms with Crippen molar-refractivity contribution in [3.05, 3.63) is 65.5 Å². The minimum atomic E-state index is -1.00. The van der Waals surface area contributed by atoms with E-state index in [4.69, 9.17) is 4.74 Å². The van der Waals surface area contributed by atoms with Crippen LogP contribution in [0.15, 0.2) is 48.5 Å². The molecule has 0 aliphatic carbocycles. The number of halogens is 2. The molecule has 2 aromatic rings. The van der Waals surface area contributed by atoms with E-state index in [1.165, 1.54) is 19.1 Å². The highest BCUT2D eigenvalue weighted by atomic mass is 19.1. The first-order chi connectivity index (χ1) is 10.6. The van der Waals surface area contributed by atoms with Gasteiger partial charge in [-0.25, -0.2) is 8.78 Å². The zero-order chi connectivity index (χ0) is 15.9.